The summed E-state index contributed by atoms with van der Waals surface area (Å²) in [5, 5.41) is 27.4. The summed E-state index contributed by atoms with van der Waals surface area (Å²) >= 11 is 0. The summed E-state index contributed by atoms with van der Waals surface area (Å²) in [4.78, 5) is 68.5. The number of primary amides is 1. The lowest BCUT2D eigenvalue weighted by Crippen LogP contribution is -2.64. The van der Waals surface area contributed by atoms with E-state index >= 15 is 0 Å². The lowest BCUT2D eigenvalue weighted by molar-refractivity contribution is -0.147. The number of benzene rings is 1. The van der Waals surface area contributed by atoms with Crippen LogP contribution in [-0.2, 0) is 29.5 Å². The van der Waals surface area contributed by atoms with E-state index in [1.165, 1.54) is 15.8 Å². The third kappa shape index (κ3) is 8.01. The number of Topliss-reactive ketones (excluding diaryl/α,β-unsaturated/α-hetero) is 1. The Balaban J connectivity index is 1.46. The number of hydrogen-bond donors (Lipinski definition) is 5. The van der Waals surface area contributed by atoms with Gasteiger partial charge in [-0.15, -0.1) is 5.10 Å². The minimum atomic E-state index is -1.57. The number of nitrogens with zero attached hydrogens (tertiary/aromatic N) is 4. The Labute approximate surface area is 279 Å². The van der Waals surface area contributed by atoms with Crippen LogP contribution in [0.2, 0.25) is 0 Å². The van der Waals surface area contributed by atoms with Gasteiger partial charge in [0.25, 0.3) is 5.91 Å². The molecule has 1 saturated carbocycles. The summed E-state index contributed by atoms with van der Waals surface area (Å²) in [6.07, 6.45) is 7.01. The normalized spacial score (nSPS) is 22.0. The first-order valence-corrected chi connectivity index (χ1v) is 16.7. The van der Waals surface area contributed by atoms with Crippen molar-refractivity contribution in [3.8, 4) is 0 Å². The van der Waals surface area contributed by atoms with Crippen molar-refractivity contribution in [3.05, 3.63) is 42.2 Å². The SMILES string of the molecule is CC(C)(O)c1cnnn1[C@H]1C[C@@H](C(=O)NC2(C(=O)C(N)=O)CCOCC2)N(C(=O)C(CC2CCCCC2)NC(=O)Nc2ccccc2)C1. The molecule has 48 heavy (non-hydrogen) atoms. The van der Waals surface area contributed by atoms with Crippen LogP contribution in [0.4, 0.5) is 10.5 Å². The molecule has 5 amide bonds. The number of carbonyl (C=O) groups is 5. The van der Waals surface area contributed by atoms with Crippen LogP contribution in [0.3, 0.4) is 0 Å². The van der Waals surface area contributed by atoms with Gasteiger partial charge in [-0.3, -0.25) is 19.2 Å². The molecule has 3 aliphatic rings. The summed E-state index contributed by atoms with van der Waals surface area (Å²) in [5.41, 5.74) is 3.45. The third-order valence-corrected chi connectivity index (χ3v) is 9.71. The van der Waals surface area contributed by atoms with Crippen LogP contribution in [0.1, 0.15) is 83.4 Å². The average molecular weight is 667 g/mol. The zero-order valence-electron chi connectivity index (χ0n) is 27.5. The van der Waals surface area contributed by atoms with Gasteiger partial charge in [-0.2, -0.15) is 0 Å². The van der Waals surface area contributed by atoms with E-state index in [0.29, 0.717) is 17.8 Å². The van der Waals surface area contributed by atoms with Gasteiger partial charge < -0.3 is 36.4 Å². The summed E-state index contributed by atoms with van der Waals surface area (Å²) in [7, 11) is 0. The fourth-order valence-corrected chi connectivity index (χ4v) is 7.14. The number of hydrogen-bond acceptors (Lipinski definition) is 9. The highest BCUT2D eigenvalue weighted by Gasteiger charge is 2.49. The molecule has 15 nitrogen and oxygen atoms in total. The van der Waals surface area contributed by atoms with Crippen molar-refractivity contribution in [2.75, 3.05) is 25.1 Å². The number of nitrogens with two attached hydrogens (primary N) is 1. The van der Waals surface area contributed by atoms with Gasteiger partial charge in [-0.05, 0) is 38.3 Å². The molecule has 3 atom stereocenters. The van der Waals surface area contributed by atoms with Gasteiger partial charge in [0.1, 0.15) is 23.2 Å². The molecular formula is C33H46N8O7. The number of aliphatic hydroxyl groups is 1. The zero-order valence-corrected chi connectivity index (χ0v) is 27.5. The maximum atomic E-state index is 14.6. The minimum Gasteiger partial charge on any atom is -0.384 e. The van der Waals surface area contributed by atoms with E-state index in [0.717, 1.165) is 32.1 Å². The molecular weight excluding hydrogens is 620 g/mol. The van der Waals surface area contributed by atoms with Crippen LogP contribution in [-0.4, -0.2) is 91.9 Å². The molecule has 5 rings (SSSR count). The predicted octanol–water partition coefficient (Wildman–Crippen LogP) is 1.53. The molecule has 0 radical (unpaired) electrons. The van der Waals surface area contributed by atoms with Crippen molar-refractivity contribution in [2.24, 2.45) is 11.7 Å². The molecule has 1 unspecified atom stereocenters. The van der Waals surface area contributed by atoms with Gasteiger partial charge in [0, 0.05) is 44.7 Å². The van der Waals surface area contributed by atoms with E-state index < -0.39 is 58.8 Å². The number of para-hydroxylation sites is 1. The number of amides is 5. The second-order valence-corrected chi connectivity index (χ2v) is 13.7. The Morgan fingerprint density at radius 1 is 1.08 bits per heavy atom. The zero-order chi connectivity index (χ0) is 34.5. The second kappa shape index (κ2) is 14.8. The van der Waals surface area contributed by atoms with Gasteiger partial charge in [0.15, 0.2) is 0 Å². The number of likely N-dealkylation sites (tertiary alicyclic amines) is 1. The third-order valence-electron chi connectivity index (χ3n) is 9.71. The molecule has 1 aromatic heterocycles. The van der Waals surface area contributed by atoms with Gasteiger partial charge in [0.2, 0.25) is 17.6 Å². The number of anilines is 1. The molecule has 260 valence electrons. The van der Waals surface area contributed by atoms with Crippen LogP contribution in [0.25, 0.3) is 0 Å². The Morgan fingerprint density at radius 2 is 1.77 bits per heavy atom. The van der Waals surface area contributed by atoms with E-state index in [4.69, 9.17) is 10.5 Å². The molecule has 15 heteroatoms. The quantitative estimate of drug-likeness (QED) is 0.220. The summed E-state index contributed by atoms with van der Waals surface area (Å²) in [5.74, 6) is -3.00. The number of ketones is 1. The molecule has 3 fully saturated rings. The first-order valence-electron chi connectivity index (χ1n) is 16.7. The van der Waals surface area contributed by atoms with Gasteiger partial charge in [0.05, 0.1) is 17.9 Å². The first kappa shape index (κ1) is 35.0. The highest BCUT2D eigenvalue weighted by molar-refractivity contribution is 6.39. The van der Waals surface area contributed by atoms with Crippen molar-refractivity contribution in [3.63, 3.8) is 0 Å². The van der Waals surface area contributed by atoms with Gasteiger partial charge in [-0.25, -0.2) is 9.48 Å². The average Bonchev–Trinajstić information content (AvgIpc) is 3.74. The lowest BCUT2D eigenvalue weighted by atomic mass is 9.84. The van der Waals surface area contributed by atoms with Crippen LogP contribution in [0.15, 0.2) is 36.5 Å². The highest BCUT2D eigenvalue weighted by Crippen LogP contribution is 2.34. The van der Waals surface area contributed by atoms with E-state index in [9.17, 15) is 29.1 Å². The maximum absolute atomic E-state index is 14.6. The van der Waals surface area contributed by atoms with E-state index in [1.807, 2.05) is 6.07 Å². The van der Waals surface area contributed by atoms with E-state index in [2.05, 4.69) is 26.3 Å². The van der Waals surface area contributed by atoms with Crippen molar-refractivity contribution >= 4 is 35.2 Å². The molecule has 2 saturated heterocycles. The Morgan fingerprint density at radius 3 is 2.42 bits per heavy atom. The largest absolute Gasteiger partial charge is 0.384 e. The predicted molar refractivity (Wildman–Crippen MR) is 173 cm³/mol. The van der Waals surface area contributed by atoms with Gasteiger partial charge >= 0.3 is 6.03 Å². The number of ether oxygens (including phenoxy) is 1. The molecule has 3 heterocycles. The topological polar surface area (TPSA) is 211 Å². The van der Waals surface area contributed by atoms with Crippen LogP contribution in [0.5, 0.6) is 0 Å². The summed E-state index contributed by atoms with van der Waals surface area (Å²) in [6, 6.07) is 5.69. The number of carbonyl (C=O) groups excluding carboxylic acids is 5. The first-order chi connectivity index (χ1) is 22.9. The molecule has 0 bridgehead atoms. The maximum Gasteiger partial charge on any atom is 0.319 e. The number of nitrogens with one attached hydrogen (secondary N) is 3. The second-order valence-electron chi connectivity index (χ2n) is 13.7. The van der Waals surface area contributed by atoms with Gasteiger partial charge in [-0.1, -0.05) is 55.5 Å². The van der Waals surface area contributed by atoms with Crippen LogP contribution < -0.4 is 21.7 Å². The lowest BCUT2D eigenvalue weighted by Gasteiger charge is -2.37. The Kier molecular flexibility index (Phi) is 10.8. The smallest absolute Gasteiger partial charge is 0.319 e. The van der Waals surface area contributed by atoms with Crippen molar-refractivity contribution < 1.29 is 33.8 Å². The van der Waals surface area contributed by atoms with Crippen LogP contribution in [0, 0.1) is 5.92 Å². The summed E-state index contributed by atoms with van der Waals surface area (Å²) < 4.78 is 6.92. The summed E-state index contributed by atoms with van der Waals surface area (Å²) in [6.45, 7) is 3.46. The molecule has 6 N–H and O–H groups in total. The van der Waals surface area contributed by atoms with Crippen molar-refractivity contribution in [2.45, 2.75) is 101 Å². The van der Waals surface area contributed by atoms with E-state index in [-0.39, 0.29) is 44.9 Å². The number of urea groups is 1. The van der Waals surface area contributed by atoms with Crippen LogP contribution >= 0.6 is 0 Å². The molecule has 1 aliphatic carbocycles. The van der Waals surface area contributed by atoms with Crippen molar-refractivity contribution in [1.82, 2.24) is 30.5 Å². The number of aromatic nitrogens is 3. The molecule has 2 aliphatic heterocycles. The standard InChI is InChI=1S/C33H46N8O7/c1-32(2,47)26-19-35-39-41(26)23-18-25(29(44)38-33(27(42)28(34)43)13-15-48-16-14-33)40(20-23)30(45)24(17-21-9-5-3-6-10-21)37-31(46)36-22-11-7-4-8-12-22/h4,7-8,11-12,19,21,23-25,47H,3,5-6,9-10,13-18,20H2,1-2H3,(H2,34,43)(H,38,44)(H2,36,37,46)/t23-,24?,25-/m0/s1. The Bertz CT molecular complexity index is 1480. The monoisotopic (exact) mass is 666 g/mol. The molecule has 0 spiro atoms. The molecule has 1 aromatic carbocycles. The number of rotatable bonds is 11. The minimum absolute atomic E-state index is 0.0202. The fourth-order valence-electron chi connectivity index (χ4n) is 7.14. The highest BCUT2D eigenvalue weighted by atomic mass is 16.5. The Hall–Kier alpha value is -4.37. The van der Waals surface area contributed by atoms with E-state index in [1.54, 1.807) is 38.1 Å². The fraction of sp³-hybridized carbons (Fsp3) is 0.606. The molecule has 2 aromatic rings. The van der Waals surface area contributed by atoms with Crippen molar-refractivity contribution in [1.29, 1.82) is 0 Å².